The molecule has 1 aliphatic rings. The molecule has 2 aromatic rings. The van der Waals surface area contributed by atoms with Gasteiger partial charge in [0.2, 0.25) is 0 Å². The minimum atomic E-state index is -3.12. The maximum Gasteiger partial charge on any atom is 0.175 e. The zero-order chi connectivity index (χ0) is 18.0. The molecule has 25 heavy (non-hydrogen) atoms. The van der Waals surface area contributed by atoms with Crippen LogP contribution in [-0.4, -0.2) is 45.8 Å². The highest BCUT2D eigenvalue weighted by molar-refractivity contribution is 7.90. The largest absolute Gasteiger partial charge is 0.369 e. The van der Waals surface area contributed by atoms with Gasteiger partial charge in [-0.05, 0) is 48.7 Å². The van der Waals surface area contributed by atoms with Gasteiger partial charge in [0.05, 0.1) is 4.90 Å². The molecule has 1 aliphatic heterocycles. The summed E-state index contributed by atoms with van der Waals surface area (Å²) < 4.78 is 23.1. The summed E-state index contributed by atoms with van der Waals surface area (Å²) in [4.78, 5) is 5.28. The van der Waals surface area contributed by atoms with E-state index in [9.17, 15) is 8.42 Å². The summed E-state index contributed by atoms with van der Waals surface area (Å²) in [5.41, 5.74) is 5.13. The Bertz CT molecular complexity index is 836. The highest BCUT2D eigenvalue weighted by Crippen LogP contribution is 2.23. The van der Waals surface area contributed by atoms with Gasteiger partial charge in [0.15, 0.2) is 9.84 Å². The monoisotopic (exact) mass is 358 g/mol. The summed E-state index contributed by atoms with van der Waals surface area (Å²) in [5, 5.41) is 0. The molecule has 0 spiro atoms. The lowest BCUT2D eigenvalue weighted by Crippen LogP contribution is -2.46. The molecule has 0 radical (unpaired) electrons. The molecule has 0 bridgehead atoms. The smallest absolute Gasteiger partial charge is 0.175 e. The van der Waals surface area contributed by atoms with Crippen LogP contribution in [0.15, 0.2) is 47.4 Å². The normalized spacial score (nSPS) is 16.2. The van der Waals surface area contributed by atoms with Gasteiger partial charge >= 0.3 is 0 Å². The summed E-state index contributed by atoms with van der Waals surface area (Å²) >= 11 is 0. The Morgan fingerprint density at radius 1 is 0.920 bits per heavy atom. The standard InChI is InChI=1S/C20H26N2O2S/c1-16-4-5-17(2)20(14-16)22-12-10-21(11-13-22)15-18-6-8-19(9-7-18)25(3,23)24/h4-9,14H,10-13,15H2,1-3H3. The number of nitrogens with zero attached hydrogens (tertiary/aromatic N) is 2. The molecule has 2 aromatic carbocycles. The van der Waals surface area contributed by atoms with Crippen LogP contribution in [0.5, 0.6) is 0 Å². The second-order valence-corrected chi connectivity index (χ2v) is 8.98. The topological polar surface area (TPSA) is 40.6 Å². The highest BCUT2D eigenvalue weighted by Gasteiger charge is 2.18. The van der Waals surface area contributed by atoms with E-state index >= 15 is 0 Å². The molecular formula is C20H26N2O2S. The van der Waals surface area contributed by atoms with E-state index in [0.29, 0.717) is 4.90 Å². The van der Waals surface area contributed by atoms with Gasteiger partial charge in [-0.3, -0.25) is 4.90 Å². The van der Waals surface area contributed by atoms with Gasteiger partial charge < -0.3 is 4.90 Å². The highest BCUT2D eigenvalue weighted by atomic mass is 32.2. The first-order valence-electron chi connectivity index (χ1n) is 8.66. The number of sulfone groups is 1. The lowest BCUT2D eigenvalue weighted by molar-refractivity contribution is 0.250. The second kappa shape index (κ2) is 7.18. The maximum atomic E-state index is 11.5. The fraction of sp³-hybridized carbons (Fsp3) is 0.400. The van der Waals surface area contributed by atoms with Gasteiger partial charge in [-0.15, -0.1) is 0 Å². The van der Waals surface area contributed by atoms with E-state index in [1.54, 1.807) is 12.1 Å². The van der Waals surface area contributed by atoms with Gasteiger partial charge in [-0.2, -0.15) is 0 Å². The van der Waals surface area contributed by atoms with Crippen LogP contribution in [0.1, 0.15) is 16.7 Å². The van der Waals surface area contributed by atoms with Crippen LogP contribution in [0.25, 0.3) is 0 Å². The molecule has 134 valence electrons. The molecule has 0 aromatic heterocycles. The number of aryl methyl sites for hydroxylation is 2. The van der Waals surface area contributed by atoms with Crippen LogP contribution in [0.2, 0.25) is 0 Å². The van der Waals surface area contributed by atoms with Crippen molar-refractivity contribution in [2.75, 3.05) is 37.3 Å². The summed E-state index contributed by atoms with van der Waals surface area (Å²) in [5.74, 6) is 0. The van der Waals surface area contributed by atoms with Gasteiger partial charge in [-0.25, -0.2) is 8.42 Å². The fourth-order valence-corrected chi connectivity index (χ4v) is 3.94. The summed E-state index contributed by atoms with van der Waals surface area (Å²) in [6.45, 7) is 9.24. The number of anilines is 1. The molecule has 4 nitrogen and oxygen atoms in total. The van der Waals surface area contributed by atoms with Crippen molar-refractivity contribution in [1.82, 2.24) is 4.90 Å². The number of rotatable bonds is 4. The van der Waals surface area contributed by atoms with E-state index in [1.807, 2.05) is 12.1 Å². The molecule has 1 heterocycles. The predicted molar refractivity (Wildman–Crippen MR) is 103 cm³/mol. The minimum Gasteiger partial charge on any atom is -0.369 e. The third kappa shape index (κ3) is 4.41. The third-order valence-corrected chi connectivity index (χ3v) is 5.96. The molecule has 0 unspecified atom stereocenters. The Hall–Kier alpha value is -1.85. The van der Waals surface area contributed by atoms with E-state index in [1.165, 1.54) is 23.1 Å². The summed E-state index contributed by atoms with van der Waals surface area (Å²) in [6.07, 6.45) is 1.24. The van der Waals surface area contributed by atoms with E-state index in [-0.39, 0.29) is 0 Å². The van der Waals surface area contributed by atoms with Crippen molar-refractivity contribution in [3.05, 3.63) is 59.2 Å². The van der Waals surface area contributed by atoms with E-state index in [0.717, 1.165) is 38.3 Å². The molecule has 0 aliphatic carbocycles. The van der Waals surface area contributed by atoms with E-state index in [2.05, 4.69) is 41.8 Å². The van der Waals surface area contributed by atoms with Gasteiger partial charge in [0.25, 0.3) is 0 Å². The fourth-order valence-electron chi connectivity index (χ4n) is 3.31. The molecule has 0 atom stereocenters. The Labute approximate surface area is 151 Å². The van der Waals surface area contributed by atoms with Crippen LogP contribution < -0.4 is 4.90 Å². The van der Waals surface area contributed by atoms with Gasteiger partial charge in [0, 0.05) is 44.7 Å². The van der Waals surface area contributed by atoms with Crippen molar-refractivity contribution in [3.8, 4) is 0 Å². The Morgan fingerprint density at radius 3 is 2.16 bits per heavy atom. The molecule has 0 N–H and O–H groups in total. The Kier molecular flexibility index (Phi) is 5.16. The first kappa shape index (κ1) is 18.0. The van der Waals surface area contributed by atoms with Crippen LogP contribution in [-0.2, 0) is 16.4 Å². The zero-order valence-electron chi connectivity index (χ0n) is 15.2. The third-order valence-electron chi connectivity index (χ3n) is 4.84. The zero-order valence-corrected chi connectivity index (χ0v) is 16.0. The summed E-state index contributed by atoms with van der Waals surface area (Å²) in [7, 11) is -3.12. The first-order valence-corrected chi connectivity index (χ1v) is 10.6. The van der Waals surface area contributed by atoms with E-state index in [4.69, 9.17) is 0 Å². The van der Waals surface area contributed by atoms with Crippen molar-refractivity contribution >= 4 is 15.5 Å². The average molecular weight is 359 g/mol. The number of benzene rings is 2. The molecule has 0 amide bonds. The molecule has 1 saturated heterocycles. The van der Waals surface area contributed by atoms with E-state index < -0.39 is 9.84 Å². The quantitative estimate of drug-likeness (QED) is 0.842. The van der Waals surface area contributed by atoms with Crippen LogP contribution in [0.3, 0.4) is 0 Å². The van der Waals surface area contributed by atoms with Crippen LogP contribution in [0, 0.1) is 13.8 Å². The lowest BCUT2D eigenvalue weighted by Gasteiger charge is -2.37. The minimum absolute atomic E-state index is 0.385. The molecule has 3 rings (SSSR count). The predicted octanol–water partition coefficient (Wildman–Crippen LogP) is 3.03. The van der Waals surface area contributed by atoms with Crippen LogP contribution in [0.4, 0.5) is 5.69 Å². The molecule has 1 fully saturated rings. The van der Waals surface area contributed by atoms with Crippen molar-refractivity contribution in [2.45, 2.75) is 25.3 Å². The second-order valence-electron chi connectivity index (χ2n) is 6.97. The average Bonchev–Trinajstić information content (AvgIpc) is 2.58. The number of hydrogen-bond acceptors (Lipinski definition) is 4. The van der Waals surface area contributed by atoms with Crippen molar-refractivity contribution < 1.29 is 8.42 Å². The number of piperazine rings is 1. The van der Waals surface area contributed by atoms with Crippen molar-refractivity contribution in [3.63, 3.8) is 0 Å². The SMILES string of the molecule is Cc1ccc(C)c(N2CCN(Cc3ccc(S(C)(=O)=O)cc3)CC2)c1. The van der Waals surface area contributed by atoms with Crippen LogP contribution >= 0.6 is 0 Å². The summed E-state index contributed by atoms with van der Waals surface area (Å²) in [6, 6.07) is 13.9. The maximum absolute atomic E-state index is 11.5. The number of hydrogen-bond donors (Lipinski definition) is 0. The molecular weight excluding hydrogens is 332 g/mol. The molecule has 0 saturated carbocycles. The Morgan fingerprint density at radius 2 is 1.56 bits per heavy atom. The first-order chi connectivity index (χ1) is 11.8. The Balaban J connectivity index is 1.60. The van der Waals surface area contributed by atoms with Gasteiger partial charge in [0.1, 0.15) is 0 Å². The lowest BCUT2D eigenvalue weighted by atomic mass is 10.1. The van der Waals surface area contributed by atoms with Gasteiger partial charge in [-0.1, -0.05) is 24.3 Å². The molecule has 5 heteroatoms. The van der Waals surface area contributed by atoms with Crippen molar-refractivity contribution in [1.29, 1.82) is 0 Å². The van der Waals surface area contributed by atoms with Crippen molar-refractivity contribution in [2.24, 2.45) is 0 Å².